The van der Waals surface area contributed by atoms with Crippen LogP contribution in [0.3, 0.4) is 0 Å². The summed E-state index contributed by atoms with van der Waals surface area (Å²) in [6, 6.07) is 19.8. The Balaban J connectivity index is 1.51. The molecular weight excluding hydrogens is 444 g/mol. The summed E-state index contributed by atoms with van der Waals surface area (Å²) < 4.78 is 2.17. The van der Waals surface area contributed by atoms with Gasteiger partial charge in [0.2, 0.25) is 0 Å². The van der Waals surface area contributed by atoms with E-state index in [9.17, 15) is 10.1 Å². The molecule has 170 valence electrons. The van der Waals surface area contributed by atoms with Gasteiger partial charge < -0.3 is 4.57 Å². The summed E-state index contributed by atoms with van der Waals surface area (Å²) in [7, 11) is 0. The second-order valence-electron chi connectivity index (χ2n) is 7.89. The third-order valence-corrected chi connectivity index (χ3v) is 6.27. The molecule has 0 bridgehead atoms. The third-order valence-electron chi connectivity index (χ3n) is 5.42. The van der Waals surface area contributed by atoms with Crippen molar-refractivity contribution >= 4 is 34.8 Å². The van der Waals surface area contributed by atoms with Gasteiger partial charge in [-0.3, -0.25) is 4.79 Å². The van der Waals surface area contributed by atoms with E-state index >= 15 is 0 Å². The quantitative estimate of drug-likeness (QED) is 0.186. The van der Waals surface area contributed by atoms with Crippen molar-refractivity contribution in [2.75, 3.05) is 5.75 Å². The maximum atomic E-state index is 12.3. The number of aryl methyl sites for hydroxylation is 2. The van der Waals surface area contributed by atoms with Crippen LogP contribution < -0.4 is 5.43 Å². The number of hydrazone groups is 1. The van der Waals surface area contributed by atoms with E-state index in [4.69, 9.17) is 0 Å². The van der Waals surface area contributed by atoms with Gasteiger partial charge in [-0.15, -0.1) is 0 Å². The minimum atomic E-state index is -0.228. The van der Waals surface area contributed by atoms with Gasteiger partial charge >= 0.3 is 0 Å². The number of rotatable bonds is 7. The molecule has 0 spiro atoms. The Bertz CT molecular complexity index is 1410. The number of hydrogen-bond donors (Lipinski definition) is 1. The van der Waals surface area contributed by atoms with Crippen LogP contribution in [0.5, 0.6) is 0 Å². The van der Waals surface area contributed by atoms with Crippen LogP contribution in [0.4, 0.5) is 0 Å². The summed E-state index contributed by atoms with van der Waals surface area (Å²) in [5.74, 6) is -0.0558. The maximum Gasteiger partial charge on any atom is 0.250 e. The van der Waals surface area contributed by atoms with E-state index in [0.717, 1.165) is 39.1 Å². The molecule has 34 heavy (non-hydrogen) atoms. The number of para-hydroxylation sites is 1. The molecule has 0 saturated carbocycles. The van der Waals surface area contributed by atoms with Crippen LogP contribution in [0.2, 0.25) is 0 Å². The average molecular weight is 469 g/mol. The highest BCUT2D eigenvalue weighted by Gasteiger charge is 2.14. The molecule has 4 aromatic rings. The fourth-order valence-corrected chi connectivity index (χ4v) is 4.59. The van der Waals surface area contributed by atoms with Crippen LogP contribution in [0.1, 0.15) is 33.8 Å². The first-order valence-corrected chi connectivity index (χ1v) is 11.8. The molecular formula is C26H24N6OS. The van der Waals surface area contributed by atoms with E-state index in [1.54, 1.807) is 6.21 Å². The number of amides is 1. The summed E-state index contributed by atoms with van der Waals surface area (Å²) in [5, 5.41) is 15.3. The zero-order valence-corrected chi connectivity index (χ0v) is 20.1. The summed E-state index contributed by atoms with van der Waals surface area (Å²) in [5.41, 5.74) is 8.94. The average Bonchev–Trinajstić information content (AvgIpc) is 3.08. The second-order valence-corrected chi connectivity index (χ2v) is 8.83. The molecule has 2 heterocycles. The number of fused-ring (bicyclic) bond motifs is 1. The first kappa shape index (κ1) is 23.2. The normalized spacial score (nSPS) is 11.1. The van der Waals surface area contributed by atoms with Crippen LogP contribution in [-0.4, -0.2) is 32.4 Å². The van der Waals surface area contributed by atoms with Crippen LogP contribution in [-0.2, 0) is 11.3 Å². The predicted molar refractivity (Wildman–Crippen MR) is 135 cm³/mol. The molecule has 0 radical (unpaired) electrons. The van der Waals surface area contributed by atoms with E-state index in [2.05, 4.69) is 31.1 Å². The smallest absolute Gasteiger partial charge is 0.250 e. The maximum absolute atomic E-state index is 12.3. The number of thioether (sulfide) groups is 1. The van der Waals surface area contributed by atoms with Crippen LogP contribution in [0.15, 0.2) is 64.9 Å². The highest BCUT2D eigenvalue weighted by Crippen LogP contribution is 2.26. The third kappa shape index (κ3) is 5.16. The van der Waals surface area contributed by atoms with Gasteiger partial charge in [0.15, 0.2) is 5.16 Å². The molecule has 1 amide bonds. The fraction of sp³-hybridized carbons (Fsp3) is 0.192. The SMILES string of the molecule is Cc1cc(C)nc(SCC(=O)N/N=C\c2c(C)n(Cc3ccccc3C#N)c3ccccc23)n1. The van der Waals surface area contributed by atoms with Crippen molar-refractivity contribution in [1.29, 1.82) is 5.26 Å². The lowest BCUT2D eigenvalue weighted by atomic mass is 10.1. The van der Waals surface area contributed by atoms with Crippen molar-refractivity contribution in [2.24, 2.45) is 5.10 Å². The van der Waals surface area contributed by atoms with Gasteiger partial charge in [-0.25, -0.2) is 15.4 Å². The molecule has 8 heteroatoms. The molecule has 1 N–H and O–H groups in total. The Morgan fingerprint density at radius 3 is 2.59 bits per heavy atom. The molecule has 0 aliphatic rings. The standard InChI is InChI=1S/C26H24N6OS/c1-17-12-18(2)30-26(29-17)34-16-25(33)31-28-14-23-19(3)32(24-11-7-6-10-22(23)24)15-21-9-5-4-8-20(21)13-27/h4-12,14H,15-16H2,1-3H3,(H,31,33)/b28-14-. The van der Waals surface area contributed by atoms with Crippen LogP contribution >= 0.6 is 11.8 Å². The van der Waals surface area contributed by atoms with Gasteiger partial charge in [-0.1, -0.05) is 48.2 Å². The van der Waals surface area contributed by atoms with E-state index in [1.807, 2.05) is 75.4 Å². The van der Waals surface area contributed by atoms with E-state index in [1.165, 1.54) is 11.8 Å². The summed E-state index contributed by atoms with van der Waals surface area (Å²) in [4.78, 5) is 21.0. The van der Waals surface area contributed by atoms with E-state index in [0.29, 0.717) is 17.3 Å². The summed E-state index contributed by atoms with van der Waals surface area (Å²) >= 11 is 1.28. The molecule has 7 nitrogen and oxygen atoms in total. The Hall–Kier alpha value is -3.96. The molecule has 0 atom stereocenters. The monoisotopic (exact) mass is 468 g/mol. The minimum Gasteiger partial charge on any atom is -0.340 e. The Labute approximate surface area is 202 Å². The highest BCUT2D eigenvalue weighted by atomic mass is 32.2. The lowest BCUT2D eigenvalue weighted by Crippen LogP contribution is -2.20. The topological polar surface area (TPSA) is 96.0 Å². The molecule has 0 fully saturated rings. The van der Waals surface area contributed by atoms with Gasteiger partial charge in [-0.2, -0.15) is 10.4 Å². The van der Waals surface area contributed by atoms with Crippen molar-refractivity contribution in [3.63, 3.8) is 0 Å². The van der Waals surface area contributed by atoms with Crippen molar-refractivity contribution in [3.8, 4) is 6.07 Å². The van der Waals surface area contributed by atoms with E-state index in [-0.39, 0.29) is 11.7 Å². The minimum absolute atomic E-state index is 0.173. The number of aromatic nitrogens is 3. The van der Waals surface area contributed by atoms with Crippen molar-refractivity contribution in [1.82, 2.24) is 20.0 Å². The molecule has 2 aromatic carbocycles. The molecule has 0 unspecified atom stereocenters. The van der Waals surface area contributed by atoms with Crippen LogP contribution in [0, 0.1) is 32.1 Å². The fourth-order valence-electron chi connectivity index (χ4n) is 3.85. The number of carbonyl (C=O) groups excluding carboxylic acids is 1. The first-order valence-electron chi connectivity index (χ1n) is 10.8. The van der Waals surface area contributed by atoms with Gasteiger partial charge in [0.25, 0.3) is 5.91 Å². The van der Waals surface area contributed by atoms with Crippen molar-refractivity contribution in [3.05, 3.63) is 88.4 Å². The lowest BCUT2D eigenvalue weighted by molar-refractivity contribution is -0.118. The first-order chi connectivity index (χ1) is 16.5. The number of carbonyl (C=O) groups is 1. The zero-order chi connectivity index (χ0) is 24.1. The summed E-state index contributed by atoms with van der Waals surface area (Å²) in [6.45, 7) is 6.40. The summed E-state index contributed by atoms with van der Waals surface area (Å²) in [6.07, 6.45) is 1.68. The predicted octanol–water partition coefficient (Wildman–Crippen LogP) is 4.52. The Morgan fingerprint density at radius 1 is 1.12 bits per heavy atom. The molecule has 0 aliphatic carbocycles. The molecule has 0 aliphatic heterocycles. The van der Waals surface area contributed by atoms with Crippen LogP contribution in [0.25, 0.3) is 10.9 Å². The zero-order valence-electron chi connectivity index (χ0n) is 19.2. The number of nitrogens with zero attached hydrogens (tertiary/aromatic N) is 5. The van der Waals surface area contributed by atoms with E-state index < -0.39 is 0 Å². The lowest BCUT2D eigenvalue weighted by Gasteiger charge is -2.10. The molecule has 2 aromatic heterocycles. The Kier molecular flexibility index (Phi) is 7.04. The molecule has 0 saturated heterocycles. The number of nitrogens with one attached hydrogen (secondary N) is 1. The number of nitriles is 1. The van der Waals surface area contributed by atoms with Gasteiger partial charge in [0.1, 0.15) is 0 Å². The van der Waals surface area contributed by atoms with Crippen molar-refractivity contribution < 1.29 is 4.79 Å². The largest absolute Gasteiger partial charge is 0.340 e. The van der Waals surface area contributed by atoms with Gasteiger partial charge in [0.05, 0.1) is 23.6 Å². The van der Waals surface area contributed by atoms with Gasteiger partial charge in [-0.05, 0) is 44.5 Å². The van der Waals surface area contributed by atoms with Crippen molar-refractivity contribution in [2.45, 2.75) is 32.5 Å². The number of hydrogen-bond acceptors (Lipinski definition) is 6. The highest BCUT2D eigenvalue weighted by molar-refractivity contribution is 7.99. The second kappa shape index (κ2) is 10.3. The van der Waals surface area contributed by atoms with Gasteiger partial charge in [0, 0.05) is 40.1 Å². The number of benzene rings is 2. The Morgan fingerprint density at radius 2 is 1.82 bits per heavy atom. The molecule has 4 rings (SSSR count).